The number of ether oxygens (including phenoxy) is 2. The number of amides is 1. The summed E-state index contributed by atoms with van der Waals surface area (Å²) in [5.41, 5.74) is 0.362. The highest BCUT2D eigenvalue weighted by Crippen LogP contribution is 2.53. The predicted octanol–water partition coefficient (Wildman–Crippen LogP) is 2.47. The number of nitrogens with zero attached hydrogens (tertiary/aromatic N) is 1. The molecule has 2 bridgehead atoms. The maximum Gasteiger partial charge on any atom is 0.312 e. The van der Waals surface area contributed by atoms with E-state index in [1.54, 1.807) is 0 Å². The number of esters is 1. The van der Waals surface area contributed by atoms with Gasteiger partial charge in [-0.2, -0.15) is 0 Å². The average molecular weight is 392 g/mol. The minimum atomic E-state index is -0.690. The molecule has 5 nitrogen and oxygen atoms in total. The number of fused-ring (bicyclic) bond motifs is 1. The Labute approximate surface area is 148 Å². The molecule has 0 N–H and O–H groups in total. The van der Waals surface area contributed by atoms with Crippen LogP contribution in [0.2, 0.25) is 0 Å². The van der Waals surface area contributed by atoms with E-state index in [1.165, 1.54) is 7.11 Å². The zero-order valence-corrected chi connectivity index (χ0v) is 15.0. The van der Waals surface area contributed by atoms with Gasteiger partial charge in [0.1, 0.15) is 11.5 Å². The van der Waals surface area contributed by atoms with E-state index in [0.717, 1.165) is 10.0 Å². The van der Waals surface area contributed by atoms with Gasteiger partial charge >= 0.3 is 5.97 Å². The fourth-order valence-corrected chi connectivity index (χ4v) is 4.45. The van der Waals surface area contributed by atoms with E-state index in [-0.39, 0.29) is 24.0 Å². The molecule has 0 aliphatic carbocycles. The van der Waals surface area contributed by atoms with Crippen molar-refractivity contribution in [3.8, 4) is 0 Å². The standard InChI is InChI=1S/C18H18BrNO4/c1-10(11-3-5-12(19)6-4-11)20-9-18-8-7-13(24-18)14(17(22)23-2)15(18)16(20)21/h3-8,10,13-15H,9H2,1-2H3/t10-,13+,14-,15+,18+/m0/s1. The van der Waals surface area contributed by atoms with Crippen LogP contribution in [0, 0.1) is 11.8 Å². The van der Waals surface area contributed by atoms with Gasteiger partial charge in [-0.15, -0.1) is 0 Å². The largest absolute Gasteiger partial charge is 0.469 e. The van der Waals surface area contributed by atoms with Crippen molar-refractivity contribution in [3.63, 3.8) is 0 Å². The maximum absolute atomic E-state index is 13.1. The van der Waals surface area contributed by atoms with E-state index >= 15 is 0 Å². The number of benzene rings is 1. The van der Waals surface area contributed by atoms with Gasteiger partial charge in [-0.05, 0) is 24.6 Å². The lowest BCUT2D eigenvalue weighted by Crippen LogP contribution is -2.39. The first-order valence-corrected chi connectivity index (χ1v) is 8.77. The van der Waals surface area contributed by atoms with Crippen LogP contribution >= 0.6 is 15.9 Å². The molecule has 1 amide bonds. The van der Waals surface area contributed by atoms with Gasteiger partial charge in [0.25, 0.3) is 0 Å². The van der Waals surface area contributed by atoms with E-state index in [1.807, 2.05) is 48.2 Å². The Bertz CT molecular complexity index is 731. The summed E-state index contributed by atoms with van der Waals surface area (Å²) < 4.78 is 11.9. The number of hydrogen-bond acceptors (Lipinski definition) is 4. The monoisotopic (exact) mass is 391 g/mol. The van der Waals surface area contributed by atoms with Gasteiger partial charge in [0.2, 0.25) is 5.91 Å². The van der Waals surface area contributed by atoms with Crippen LogP contribution in [0.4, 0.5) is 0 Å². The lowest BCUT2D eigenvalue weighted by atomic mass is 9.77. The molecule has 0 aromatic heterocycles. The fraction of sp³-hybridized carbons (Fsp3) is 0.444. The number of hydrogen-bond donors (Lipinski definition) is 0. The average Bonchev–Trinajstić information content (AvgIpc) is 3.22. The fourth-order valence-electron chi connectivity index (χ4n) is 4.18. The zero-order chi connectivity index (χ0) is 17.1. The second-order valence-corrected chi connectivity index (χ2v) is 7.53. The number of halogens is 1. The van der Waals surface area contributed by atoms with Gasteiger partial charge in [-0.25, -0.2) is 0 Å². The maximum atomic E-state index is 13.1. The van der Waals surface area contributed by atoms with Crippen LogP contribution in [-0.4, -0.2) is 42.1 Å². The summed E-state index contributed by atoms with van der Waals surface area (Å²) in [7, 11) is 1.35. The van der Waals surface area contributed by atoms with Crippen LogP contribution in [0.3, 0.4) is 0 Å². The Balaban J connectivity index is 1.65. The Morgan fingerprint density at radius 1 is 1.42 bits per heavy atom. The normalized spacial score (nSPS) is 34.5. The molecule has 3 heterocycles. The van der Waals surface area contributed by atoms with Crippen molar-refractivity contribution in [1.29, 1.82) is 0 Å². The van der Waals surface area contributed by atoms with Crippen LogP contribution in [-0.2, 0) is 19.1 Å². The molecule has 1 aromatic rings. The van der Waals surface area contributed by atoms with E-state index in [4.69, 9.17) is 9.47 Å². The Morgan fingerprint density at radius 3 is 2.79 bits per heavy atom. The molecule has 4 rings (SSSR count). The smallest absolute Gasteiger partial charge is 0.312 e. The van der Waals surface area contributed by atoms with Crippen LogP contribution < -0.4 is 0 Å². The summed E-state index contributed by atoms with van der Waals surface area (Å²) in [5, 5.41) is 0. The Kier molecular flexibility index (Phi) is 3.58. The number of carbonyl (C=O) groups is 2. The first-order valence-electron chi connectivity index (χ1n) is 7.98. The second-order valence-electron chi connectivity index (χ2n) is 6.62. The minimum absolute atomic E-state index is 0.0346. The van der Waals surface area contributed by atoms with Crippen LogP contribution in [0.5, 0.6) is 0 Å². The lowest BCUT2D eigenvalue weighted by Gasteiger charge is -2.27. The van der Waals surface area contributed by atoms with Gasteiger partial charge < -0.3 is 14.4 Å². The predicted molar refractivity (Wildman–Crippen MR) is 90.0 cm³/mol. The van der Waals surface area contributed by atoms with Gasteiger partial charge in [-0.3, -0.25) is 9.59 Å². The lowest BCUT2D eigenvalue weighted by molar-refractivity contribution is -0.151. The Hall–Kier alpha value is -1.66. The highest BCUT2D eigenvalue weighted by atomic mass is 79.9. The number of likely N-dealkylation sites (tertiary alicyclic amines) is 1. The SMILES string of the molecule is COC(=O)[C@H]1[C@H]2C=C[C@]3(CN([C@@H](C)c4ccc(Br)cc4)C(=O)[C@@H]13)O2. The van der Waals surface area contributed by atoms with E-state index in [9.17, 15) is 9.59 Å². The summed E-state index contributed by atoms with van der Waals surface area (Å²) in [5.74, 6) is -1.44. The van der Waals surface area contributed by atoms with Crippen molar-refractivity contribution in [3.05, 3.63) is 46.5 Å². The molecule has 3 aliphatic rings. The van der Waals surface area contributed by atoms with Crippen LogP contribution in [0.25, 0.3) is 0 Å². The molecular formula is C18H18BrNO4. The molecule has 1 aromatic carbocycles. The van der Waals surface area contributed by atoms with Gasteiger partial charge in [-0.1, -0.05) is 40.2 Å². The van der Waals surface area contributed by atoms with Gasteiger partial charge in [0.05, 0.1) is 31.7 Å². The summed E-state index contributed by atoms with van der Waals surface area (Å²) in [6.45, 7) is 2.47. The third-order valence-corrected chi connectivity index (χ3v) is 5.95. The molecule has 3 aliphatic heterocycles. The van der Waals surface area contributed by atoms with Gasteiger partial charge in [0.15, 0.2) is 0 Å². The molecule has 6 heteroatoms. The highest BCUT2D eigenvalue weighted by molar-refractivity contribution is 9.10. The van der Waals surface area contributed by atoms with Crippen molar-refractivity contribution in [1.82, 2.24) is 4.90 Å². The third-order valence-electron chi connectivity index (χ3n) is 5.42. The molecule has 126 valence electrons. The van der Waals surface area contributed by atoms with Crippen molar-refractivity contribution in [2.24, 2.45) is 11.8 Å². The van der Waals surface area contributed by atoms with Gasteiger partial charge in [0, 0.05) is 4.47 Å². The van der Waals surface area contributed by atoms with Crippen LogP contribution in [0.15, 0.2) is 40.9 Å². The second kappa shape index (κ2) is 5.43. The van der Waals surface area contributed by atoms with E-state index in [0.29, 0.717) is 6.54 Å². The van der Waals surface area contributed by atoms with Crippen molar-refractivity contribution in [2.45, 2.75) is 24.7 Å². The molecule has 2 saturated heterocycles. The van der Waals surface area contributed by atoms with Crippen LogP contribution in [0.1, 0.15) is 18.5 Å². The quantitative estimate of drug-likeness (QED) is 0.586. The molecule has 0 saturated carbocycles. The molecule has 2 fully saturated rings. The minimum Gasteiger partial charge on any atom is -0.469 e. The topological polar surface area (TPSA) is 55.8 Å². The first-order chi connectivity index (χ1) is 11.5. The summed E-state index contributed by atoms with van der Waals surface area (Å²) >= 11 is 3.43. The molecular weight excluding hydrogens is 374 g/mol. The third kappa shape index (κ3) is 2.09. The Morgan fingerprint density at radius 2 is 2.12 bits per heavy atom. The van der Waals surface area contributed by atoms with E-state index < -0.39 is 17.4 Å². The molecule has 1 spiro atoms. The number of carbonyl (C=O) groups excluding carboxylic acids is 2. The molecule has 24 heavy (non-hydrogen) atoms. The summed E-state index contributed by atoms with van der Waals surface area (Å²) in [6, 6.07) is 7.84. The van der Waals surface area contributed by atoms with E-state index in [2.05, 4.69) is 15.9 Å². The molecule has 5 atom stereocenters. The number of methoxy groups -OCH3 is 1. The molecule has 0 radical (unpaired) electrons. The van der Waals surface area contributed by atoms with Crippen molar-refractivity contribution >= 4 is 27.8 Å². The first kappa shape index (κ1) is 15.8. The number of rotatable bonds is 3. The zero-order valence-electron chi connectivity index (χ0n) is 13.4. The highest BCUT2D eigenvalue weighted by Gasteiger charge is 2.67. The van der Waals surface area contributed by atoms with Crippen molar-refractivity contribution < 1.29 is 19.1 Å². The summed E-state index contributed by atoms with van der Waals surface area (Å²) in [6.07, 6.45) is 3.49. The summed E-state index contributed by atoms with van der Waals surface area (Å²) in [4.78, 5) is 27.1. The molecule has 0 unspecified atom stereocenters. The van der Waals surface area contributed by atoms with Crippen molar-refractivity contribution in [2.75, 3.05) is 13.7 Å².